The highest BCUT2D eigenvalue weighted by molar-refractivity contribution is 5.94. The van der Waals surface area contributed by atoms with Crippen molar-refractivity contribution in [3.05, 3.63) is 58.9 Å². The molecule has 0 spiro atoms. The molecule has 0 bridgehead atoms. The van der Waals surface area contributed by atoms with Gasteiger partial charge in [-0.2, -0.15) is 0 Å². The van der Waals surface area contributed by atoms with Gasteiger partial charge in [0, 0.05) is 61.5 Å². The number of nitrogens with one attached hydrogen (secondary N) is 1. The number of fused-ring (bicyclic) bond motifs is 1. The number of benzene rings is 1. The monoisotopic (exact) mass is 326 g/mol. The van der Waals surface area contributed by atoms with Crippen molar-refractivity contribution < 1.29 is 9.18 Å². The molecule has 2 aliphatic rings. The van der Waals surface area contributed by atoms with Crippen LogP contribution in [0.3, 0.4) is 0 Å². The molecule has 1 atom stereocenters. The Morgan fingerprint density at radius 1 is 1.38 bits per heavy atom. The van der Waals surface area contributed by atoms with E-state index in [4.69, 9.17) is 4.98 Å². The summed E-state index contributed by atoms with van der Waals surface area (Å²) >= 11 is 0. The highest BCUT2D eigenvalue weighted by Gasteiger charge is 2.30. The standard InChI is InChI=1S/C18H19FN4O/c19-15-3-1-2-12(8-15)18(24)23-7-5-13(11-23)17-21-10-14-9-20-6-4-16(14)22-17/h1-3,8,10,13,20H,4-7,9,11H2. The van der Waals surface area contributed by atoms with Crippen molar-refractivity contribution in [2.24, 2.45) is 0 Å². The van der Waals surface area contributed by atoms with Gasteiger partial charge in [0.15, 0.2) is 0 Å². The van der Waals surface area contributed by atoms with Crippen LogP contribution in [-0.2, 0) is 13.0 Å². The number of nitrogens with zero attached hydrogens (tertiary/aromatic N) is 3. The predicted molar refractivity (Wildman–Crippen MR) is 87.1 cm³/mol. The van der Waals surface area contributed by atoms with Gasteiger partial charge in [-0.1, -0.05) is 6.07 Å². The SMILES string of the molecule is O=C(c1cccc(F)c1)N1CCC(c2ncc3c(n2)CCNC3)C1. The molecule has 1 aromatic carbocycles. The number of halogens is 1. The molecule has 0 aliphatic carbocycles. The van der Waals surface area contributed by atoms with Crippen molar-refractivity contribution in [1.29, 1.82) is 0 Å². The Kier molecular flexibility index (Phi) is 3.98. The van der Waals surface area contributed by atoms with Gasteiger partial charge in [-0.25, -0.2) is 14.4 Å². The Morgan fingerprint density at radius 2 is 2.29 bits per heavy atom. The van der Waals surface area contributed by atoms with Crippen LogP contribution in [0.1, 0.15) is 39.8 Å². The second-order valence-electron chi connectivity index (χ2n) is 6.37. The first-order chi connectivity index (χ1) is 11.7. The molecule has 0 saturated carbocycles. The minimum Gasteiger partial charge on any atom is -0.338 e. The van der Waals surface area contributed by atoms with E-state index in [1.165, 1.54) is 12.1 Å². The van der Waals surface area contributed by atoms with E-state index in [1.807, 2.05) is 6.20 Å². The van der Waals surface area contributed by atoms with Gasteiger partial charge in [0.25, 0.3) is 5.91 Å². The first-order valence-corrected chi connectivity index (χ1v) is 8.31. The number of hydrogen-bond acceptors (Lipinski definition) is 4. The van der Waals surface area contributed by atoms with Gasteiger partial charge in [0.05, 0.1) is 0 Å². The number of amides is 1. The fourth-order valence-corrected chi connectivity index (χ4v) is 3.41. The van der Waals surface area contributed by atoms with Gasteiger partial charge in [-0.3, -0.25) is 4.79 Å². The fourth-order valence-electron chi connectivity index (χ4n) is 3.41. The summed E-state index contributed by atoms with van der Waals surface area (Å²) in [4.78, 5) is 23.5. The molecule has 124 valence electrons. The zero-order valence-electron chi connectivity index (χ0n) is 13.3. The molecule has 2 aliphatic heterocycles. The molecular weight excluding hydrogens is 307 g/mol. The summed E-state index contributed by atoms with van der Waals surface area (Å²) in [6.07, 6.45) is 3.67. The molecule has 1 unspecified atom stereocenters. The van der Waals surface area contributed by atoms with Crippen molar-refractivity contribution in [1.82, 2.24) is 20.2 Å². The second-order valence-corrected chi connectivity index (χ2v) is 6.37. The maximum Gasteiger partial charge on any atom is 0.253 e. The van der Waals surface area contributed by atoms with Gasteiger partial charge in [0.1, 0.15) is 11.6 Å². The summed E-state index contributed by atoms with van der Waals surface area (Å²) < 4.78 is 13.3. The Balaban J connectivity index is 1.49. The lowest BCUT2D eigenvalue weighted by Crippen LogP contribution is -2.29. The zero-order valence-corrected chi connectivity index (χ0v) is 13.3. The van der Waals surface area contributed by atoms with E-state index in [-0.39, 0.29) is 17.6 Å². The molecule has 4 rings (SSSR count). The van der Waals surface area contributed by atoms with Gasteiger partial charge in [-0.05, 0) is 24.6 Å². The van der Waals surface area contributed by atoms with Gasteiger partial charge in [0.2, 0.25) is 0 Å². The van der Waals surface area contributed by atoms with Crippen molar-refractivity contribution >= 4 is 5.91 Å². The van der Waals surface area contributed by atoms with Crippen LogP contribution in [0.5, 0.6) is 0 Å². The second kappa shape index (κ2) is 6.28. The average Bonchev–Trinajstić information content (AvgIpc) is 3.11. The molecule has 1 fully saturated rings. The number of likely N-dealkylation sites (tertiary alicyclic amines) is 1. The highest BCUT2D eigenvalue weighted by atomic mass is 19.1. The number of aromatic nitrogens is 2. The van der Waals surface area contributed by atoms with Gasteiger partial charge >= 0.3 is 0 Å². The first kappa shape index (κ1) is 15.2. The van der Waals surface area contributed by atoms with E-state index >= 15 is 0 Å². The lowest BCUT2D eigenvalue weighted by Gasteiger charge is -2.19. The molecule has 6 heteroatoms. The van der Waals surface area contributed by atoms with Crippen molar-refractivity contribution in [3.63, 3.8) is 0 Å². The molecular formula is C18H19FN4O. The Morgan fingerprint density at radius 3 is 3.17 bits per heavy atom. The van der Waals surface area contributed by atoms with Crippen LogP contribution >= 0.6 is 0 Å². The lowest BCUT2D eigenvalue weighted by molar-refractivity contribution is 0.0790. The van der Waals surface area contributed by atoms with E-state index in [0.29, 0.717) is 18.7 Å². The van der Waals surface area contributed by atoms with Crippen LogP contribution in [0, 0.1) is 5.82 Å². The maximum atomic E-state index is 13.3. The third kappa shape index (κ3) is 2.89. The summed E-state index contributed by atoms with van der Waals surface area (Å²) in [5, 5.41) is 3.31. The Hall–Kier alpha value is -2.34. The van der Waals surface area contributed by atoms with Crippen LogP contribution < -0.4 is 5.32 Å². The third-order valence-electron chi connectivity index (χ3n) is 4.74. The van der Waals surface area contributed by atoms with Gasteiger partial charge < -0.3 is 10.2 Å². The van der Waals surface area contributed by atoms with Crippen LogP contribution in [-0.4, -0.2) is 40.4 Å². The fraction of sp³-hybridized carbons (Fsp3) is 0.389. The van der Waals surface area contributed by atoms with Crippen LogP contribution in [0.2, 0.25) is 0 Å². The quantitative estimate of drug-likeness (QED) is 0.916. The number of carbonyl (C=O) groups is 1. The summed E-state index contributed by atoms with van der Waals surface area (Å²) in [7, 11) is 0. The topological polar surface area (TPSA) is 58.1 Å². The van der Waals surface area contributed by atoms with E-state index in [0.717, 1.165) is 43.0 Å². The van der Waals surface area contributed by atoms with Gasteiger partial charge in [-0.15, -0.1) is 0 Å². The third-order valence-corrected chi connectivity index (χ3v) is 4.74. The van der Waals surface area contributed by atoms with Crippen LogP contribution in [0.25, 0.3) is 0 Å². The smallest absolute Gasteiger partial charge is 0.253 e. The molecule has 1 N–H and O–H groups in total. The molecule has 5 nitrogen and oxygen atoms in total. The van der Waals surface area contributed by atoms with Crippen molar-refractivity contribution in [3.8, 4) is 0 Å². The van der Waals surface area contributed by atoms with E-state index < -0.39 is 0 Å². The first-order valence-electron chi connectivity index (χ1n) is 8.31. The number of carbonyl (C=O) groups excluding carboxylic acids is 1. The highest BCUT2D eigenvalue weighted by Crippen LogP contribution is 2.27. The molecule has 0 radical (unpaired) electrons. The normalized spacial score (nSPS) is 20.0. The molecule has 24 heavy (non-hydrogen) atoms. The zero-order chi connectivity index (χ0) is 16.5. The molecule has 3 heterocycles. The Labute approximate surface area is 139 Å². The summed E-state index contributed by atoms with van der Waals surface area (Å²) in [5.41, 5.74) is 2.68. The average molecular weight is 326 g/mol. The van der Waals surface area contributed by atoms with Crippen LogP contribution in [0.15, 0.2) is 30.5 Å². The summed E-state index contributed by atoms with van der Waals surface area (Å²) in [6.45, 7) is 3.01. The minimum atomic E-state index is -0.386. The largest absolute Gasteiger partial charge is 0.338 e. The maximum absolute atomic E-state index is 13.3. The molecule has 1 amide bonds. The van der Waals surface area contributed by atoms with E-state index in [9.17, 15) is 9.18 Å². The van der Waals surface area contributed by atoms with Crippen LogP contribution in [0.4, 0.5) is 4.39 Å². The van der Waals surface area contributed by atoms with Crippen molar-refractivity contribution in [2.75, 3.05) is 19.6 Å². The number of rotatable bonds is 2. The molecule has 1 saturated heterocycles. The van der Waals surface area contributed by atoms with E-state index in [2.05, 4.69) is 10.3 Å². The van der Waals surface area contributed by atoms with Crippen molar-refractivity contribution in [2.45, 2.75) is 25.3 Å². The lowest BCUT2D eigenvalue weighted by atomic mass is 10.1. The summed E-state index contributed by atoms with van der Waals surface area (Å²) in [5.74, 6) is 0.468. The van der Waals surface area contributed by atoms with E-state index in [1.54, 1.807) is 17.0 Å². The Bertz CT molecular complexity index is 779. The summed E-state index contributed by atoms with van der Waals surface area (Å²) in [6, 6.07) is 5.86. The minimum absolute atomic E-state index is 0.126. The number of hydrogen-bond donors (Lipinski definition) is 1. The molecule has 2 aromatic rings. The molecule has 1 aromatic heterocycles. The predicted octanol–water partition coefficient (Wildman–Crippen LogP) is 1.89.